The lowest BCUT2D eigenvalue weighted by Gasteiger charge is -2.08. The minimum absolute atomic E-state index is 0.0964. The molecule has 0 fully saturated rings. The number of aryl methyl sites for hydroxylation is 1. The monoisotopic (exact) mass is 416 g/mol. The van der Waals surface area contributed by atoms with Crippen molar-refractivity contribution in [3.63, 3.8) is 0 Å². The van der Waals surface area contributed by atoms with Gasteiger partial charge in [0.05, 0.1) is 12.3 Å². The van der Waals surface area contributed by atoms with Gasteiger partial charge in [0.1, 0.15) is 11.5 Å². The molecule has 146 valence electrons. The van der Waals surface area contributed by atoms with Crippen LogP contribution in [0.1, 0.15) is 18.9 Å². The van der Waals surface area contributed by atoms with Gasteiger partial charge in [-0.15, -0.1) is 11.3 Å². The lowest BCUT2D eigenvalue weighted by molar-refractivity contribution is -0.118. The average Bonchev–Trinajstić information content (AvgIpc) is 3.14. The van der Waals surface area contributed by atoms with Crippen molar-refractivity contribution < 1.29 is 14.3 Å². The Balaban J connectivity index is 1.55. The number of benzene rings is 2. The highest BCUT2D eigenvalue weighted by Crippen LogP contribution is 2.27. The van der Waals surface area contributed by atoms with Gasteiger partial charge in [0.15, 0.2) is 11.7 Å². The van der Waals surface area contributed by atoms with Gasteiger partial charge in [-0.2, -0.15) is 0 Å². The van der Waals surface area contributed by atoms with Crippen LogP contribution in [0.5, 0.6) is 11.5 Å². The van der Waals surface area contributed by atoms with E-state index in [1.165, 1.54) is 11.3 Å². The van der Waals surface area contributed by atoms with Gasteiger partial charge < -0.3 is 9.47 Å². The molecule has 0 saturated heterocycles. The highest BCUT2D eigenvalue weighted by molar-refractivity contribution is 7.14. The standard InChI is InChI=1S/C21H21ClN2O3S/c1-3-10-26-17-7-4-15(5-8-17)18-13-28-21(23-18)24-20(25)12-27-19-9-6-16(22)11-14(19)2/h4-9,11,13H,3,10,12H2,1-2H3,(H,23,24,25). The molecule has 0 aliphatic carbocycles. The molecule has 5 nitrogen and oxygen atoms in total. The molecule has 1 amide bonds. The third kappa shape index (κ3) is 5.47. The molecule has 0 aliphatic heterocycles. The summed E-state index contributed by atoms with van der Waals surface area (Å²) in [6.45, 7) is 4.55. The molecule has 1 heterocycles. The van der Waals surface area contributed by atoms with E-state index < -0.39 is 0 Å². The number of hydrogen-bond donors (Lipinski definition) is 1. The number of carbonyl (C=O) groups excluding carboxylic acids is 1. The number of nitrogens with zero attached hydrogens (tertiary/aromatic N) is 1. The van der Waals surface area contributed by atoms with Gasteiger partial charge in [-0.25, -0.2) is 4.98 Å². The average molecular weight is 417 g/mol. The Bertz CT molecular complexity index is 941. The number of amides is 1. The third-order valence-corrected chi connectivity index (χ3v) is 4.86. The summed E-state index contributed by atoms with van der Waals surface area (Å²) in [6.07, 6.45) is 0.970. The number of anilines is 1. The molecule has 3 aromatic rings. The van der Waals surface area contributed by atoms with Gasteiger partial charge in [0, 0.05) is 16.0 Å². The number of ether oxygens (including phenoxy) is 2. The molecule has 1 N–H and O–H groups in total. The first-order chi connectivity index (χ1) is 13.5. The SMILES string of the molecule is CCCOc1ccc(-c2csc(NC(=O)COc3ccc(Cl)cc3C)n2)cc1. The molecule has 0 saturated carbocycles. The minimum Gasteiger partial charge on any atom is -0.494 e. The van der Waals surface area contributed by atoms with Crippen molar-refractivity contribution in [1.82, 2.24) is 4.98 Å². The van der Waals surface area contributed by atoms with E-state index in [0.29, 0.717) is 22.5 Å². The summed E-state index contributed by atoms with van der Waals surface area (Å²) < 4.78 is 11.1. The number of rotatable bonds is 8. The molecule has 0 atom stereocenters. The first kappa shape index (κ1) is 20.2. The molecule has 28 heavy (non-hydrogen) atoms. The van der Waals surface area contributed by atoms with Crippen molar-refractivity contribution in [2.45, 2.75) is 20.3 Å². The summed E-state index contributed by atoms with van der Waals surface area (Å²) in [5.74, 6) is 1.20. The maximum atomic E-state index is 12.1. The molecule has 0 unspecified atom stereocenters. The van der Waals surface area contributed by atoms with Crippen LogP contribution in [0.4, 0.5) is 5.13 Å². The fourth-order valence-corrected chi connectivity index (χ4v) is 3.44. The van der Waals surface area contributed by atoms with Crippen molar-refractivity contribution in [3.05, 3.63) is 58.4 Å². The quantitative estimate of drug-likeness (QED) is 0.520. The van der Waals surface area contributed by atoms with E-state index in [0.717, 1.165) is 29.0 Å². The predicted molar refractivity (Wildman–Crippen MR) is 114 cm³/mol. The highest BCUT2D eigenvalue weighted by atomic mass is 35.5. The maximum Gasteiger partial charge on any atom is 0.264 e. The first-order valence-corrected chi connectivity index (χ1v) is 10.2. The maximum absolute atomic E-state index is 12.1. The predicted octanol–water partition coefficient (Wildman–Crippen LogP) is 5.58. The fourth-order valence-electron chi connectivity index (χ4n) is 2.48. The molecular weight excluding hydrogens is 396 g/mol. The van der Waals surface area contributed by atoms with E-state index in [9.17, 15) is 4.79 Å². The third-order valence-electron chi connectivity index (χ3n) is 3.87. The number of thiazole rings is 1. The summed E-state index contributed by atoms with van der Waals surface area (Å²) in [5, 5.41) is 5.83. The number of carbonyl (C=O) groups is 1. The van der Waals surface area contributed by atoms with Crippen molar-refractivity contribution in [2.75, 3.05) is 18.5 Å². The Morgan fingerprint density at radius 2 is 1.96 bits per heavy atom. The fraction of sp³-hybridized carbons (Fsp3) is 0.238. The van der Waals surface area contributed by atoms with Crippen LogP contribution >= 0.6 is 22.9 Å². The van der Waals surface area contributed by atoms with Gasteiger partial charge in [-0.3, -0.25) is 10.1 Å². The minimum atomic E-state index is -0.265. The molecular formula is C21H21ClN2O3S. The highest BCUT2D eigenvalue weighted by Gasteiger charge is 2.10. The van der Waals surface area contributed by atoms with Gasteiger partial charge in [0.25, 0.3) is 5.91 Å². The molecule has 7 heteroatoms. The molecule has 1 aromatic heterocycles. The number of halogens is 1. The second-order valence-corrected chi connectivity index (χ2v) is 7.45. The van der Waals surface area contributed by atoms with Gasteiger partial charge in [0.2, 0.25) is 0 Å². The smallest absolute Gasteiger partial charge is 0.264 e. The van der Waals surface area contributed by atoms with Gasteiger partial charge in [-0.1, -0.05) is 18.5 Å². The Kier molecular flexibility index (Phi) is 6.90. The summed E-state index contributed by atoms with van der Waals surface area (Å²) in [5.41, 5.74) is 2.65. The van der Waals surface area contributed by atoms with Crippen LogP contribution in [0.3, 0.4) is 0 Å². The summed E-state index contributed by atoms with van der Waals surface area (Å²) in [7, 11) is 0. The zero-order valence-electron chi connectivity index (χ0n) is 15.7. The van der Waals surface area contributed by atoms with E-state index in [-0.39, 0.29) is 12.5 Å². The van der Waals surface area contributed by atoms with E-state index in [4.69, 9.17) is 21.1 Å². The van der Waals surface area contributed by atoms with Crippen molar-refractivity contribution in [2.24, 2.45) is 0 Å². The Labute approximate surface area is 173 Å². The normalized spacial score (nSPS) is 10.5. The Morgan fingerprint density at radius 1 is 1.18 bits per heavy atom. The van der Waals surface area contributed by atoms with Crippen LogP contribution < -0.4 is 14.8 Å². The Morgan fingerprint density at radius 3 is 2.68 bits per heavy atom. The second-order valence-electron chi connectivity index (χ2n) is 6.16. The van der Waals surface area contributed by atoms with Gasteiger partial charge >= 0.3 is 0 Å². The number of nitrogens with one attached hydrogen (secondary N) is 1. The van der Waals surface area contributed by atoms with Crippen LogP contribution in [0, 0.1) is 6.92 Å². The first-order valence-electron chi connectivity index (χ1n) is 8.92. The Hall–Kier alpha value is -2.57. The lowest BCUT2D eigenvalue weighted by atomic mass is 10.2. The van der Waals surface area contributed by atoms with Crippen molar-refractivity contribution in [1.29, 1.82) is 0 Å². The molecule has 3 rings (SSSR count). The van der Waals surface area contributed by atoms with Crippen LogP contribution in [0.15, 0.2) is 47.8 Å². The van der Waals surface area contributed by atoms with E-state index in [2.05, 4.69) is 17.2 Å². The van der Waals surface area contributed by atoms with Gasteiger partial charge in [-0.05, 0) is 61.4 Å². The number of hydrogen-bond acceptors (Lipinski definition) is 5. The zero-order valence-corrected chi connectivity index (χ0v) is 17.3. The van der Waals surface area contributed by atoms with Crippen LogP contribution in [0.2, 0.25) is 5.02 Å². The van der Waals surface area contributed by atoms with E-state index in [1.807, 2.05) is 36.6 Å². The lowest BCUT2D eigenvalue weighted by Crippen LogP contribution is -2.20. The number of aromatic nitrogens is 1. The van der Waals surface area contributed by atoms with E-state index >= 15 is 0 Å². The molecule has 0 aliphatic rings. The van der Waals surface area contributed by atoms with Crippen molar-refractivity contribution in [3.8, 4) is 22.8 Å². The van der Waals surface area contributed by atoms with E-state index in [1.54, 1.807) is 18.2 Å². The van der Waals surface area contributed by atoms with Crippen molar-refractivity contribution >= 4 is 34.0 Å². The topological polar surface area (TPSA) is 60.5 Å². The van der Waals surface area contributed by atoms with Crippen LogP contribution in [-0.2, 0) is 4.79 Å². The molecule has 0 spiro atoms. The molecule has 0 radical (unpaired) electrons. The second kappa shape index (κ2) is 9.57. The molecule has 0 bridgehead atoms. The summed E-state index contributed by atoms with van der Waals surface area (Å²) in [6, 6.07) is 13.0. The largest absolute Gasteiger partial charge is 0.494 e. The zero-order chi connectivity index (χ0) is 19.9. The van der Waals surface area contributed by atoms with Crippen LogP contribution in [0.25, 0.3) is 11.3 Å². The van der Waals surface area contributed by atoms with Crippen LogP contribution in [-0.4, -0.2) is 24.1 Å². The summed E-state index contributed by atoms with van der Waals surface area (Å²) in [4.78, 5) is 16.6. The summed E-state index contributed by atoms with van der Waals surface area (Å²) >= 11 is 7.29. The molecule has 2 aromatic carbocycles.